The fraction of sp³-hybridized carbons (Fsp3) is 0.643. The maximum Gasteiger partial charge on any atom is 0.233 e. The van der Waals surface area contributed by atoms with Crippen molar-refractivity contribution in [2.45, 2.75) is 46.5 Å². The number of hydrogen-bond donors (Lipinski definition) is 2. The first-order valence-corrected chi connectivity index (χ1v) is 8.24. The summed E-state index contributed by atoms with van der Waals surface area (Å²) in [5, 5.41) is 16.8. The van der Waals surface area contributed by atoms with Crippen molar-refractivity contribution in [3.8, 4) is 0 Å². The van der Waals surface area contributed by atoms with Gasteiger partial charge in [-0.05, 0) is 30.6 Å². The van der Waals surface area contributed by atoms with Crippen molar-refractivity contribution in [2.24, 2.45) is 11.3 Å². The lowest BCUT2D eigenvalue weighted by Gasteiger charge is -2.33. The Morgan fingerprint density at radius 2 is 2.27 bits per heavy atom. The van der Waals surface area contributed by atoms with Gasteiger partial charge in [0.2, 0.25) is 5.91 Å². The highest BCUT2D eigenvalue weighted by molar-refractivity contribution is 7.15. The number of fused-ring (bicyclic) bond motifs is 1. The summed E-state index contributed by atoms with van der Waals surface area (Å²) in [5.74, 6) is 0.884. The number of H-pyrrole nitrogens is 1. The molecule has 0 saturated heterocycles. The summed E-state index contributed by atoms with van der Waals surface area (Å²) in [4.78, 5) is 17.8. The SMILES string of the molecule is CC(C)(C)C1CCc2nc(NC(=O)Cc3nn[nH]n3)sc2C1. The molecule has 1 aliphatic rings. The smallest absolute Gasteiger partial charge is 0.233 e. The minimum absolute atomic E-state index is 0.103. The summed E-state index contributed by atoms with van der Waals surface area (Å²) in [6, 6.07) is 0. The Bertz CT molecular complexity index is 657. The number of nitrogens with one attached hydrogen (secondary N) is 2. The number of aryl methyl sites for hydroxylation is 1. The molecule has 0 fully saturated rings. The third-order valence-electron chi connectivity index (χ3n) is 4.12. The molecule has 2 aromatic heterocycles. The first kappa shape index (κ1) is 15.1. The van der Waals surface area contributed by atoms with Crippen molar-refractivity contribution in [1.82, 2.24) is 25.6 Å². The number of carbonyl (C=O) groups excluding carboxylic acids is 1. The predicted octanol–water partition coefficient (Wildman–Crippen LogP) is 1.99. The van der Waals surface area contributed by atoms with Crippen molar-refractivity contribution in [2.75, 3.05) is 5.32 Å². The van der Waals surface area contributed by atoms with Crippen LogP contribution in [-0.4, -0.2) is 31.5 Å². The lowest BCUT2D eigenvalue weighted by Crippen LogP contribution is -2.26. The average molecular weight is 320 g/mol. The highest BCUT2D eigenvalue weighted by atomic mass is 32.1. The highest BCUT2D eigenvalue weighted by Gasteiger charge is 2.30. The molecule has 0 spiro atoms. The predicted molar refractivity (Wildman–Crippen MR) is 83.6 cm³/mol. The van der Waals surface area contributed by atoms with Gasteiger partial charge in [0.25, 0.3) is 0 Å². The number of carbonyl (C=O) groups is 1. The van der Waals surface area contributed by atoms with Crippen LogP contribution in [0.1, 0.15) is 43.6 Å². The van der Waals surface area contributed by atoms with E-state index in [1.54, 1.807) is 11.3 Å². The van der Waals surface area contributed by atoms with E-state index >= 15 is 0 Å². The average Bonchev–Trinajstić information content (AvgIpc) is 3.04. The van der Waals surface area contributed by atoms with Crippen LogP contribution in [0.3, 0.4) is 0 Å². The minimum Gasteiger partial charge on any atom is -0.302 e. The molecule has 3 rings (SSSR count). The number of rotatable bonds is 3. The Kier molecular flexibility index (Phi) is 3.94. The number of thiazole rings is 1. The van der Waals surface area contributed by atoms with Crippen LogP contribution in [0, 0.1) is 11.3 Å². The van der Waals surface area contributed by atoms with Crippen LogP contribution in [0.5, 0.6) is 0 Å². The Labute approximate surface area is 132 Å². The van der Waals surface area contributed by atoms with E-state index in [0.717, 1.165) is 25.0 Å². The Hall–Kier alpha value is -1.83. The van der Waals surface area contributed by atoms with Gasteiger partial charge in [-0.1, -0.05) is 26.0 Å². The van der Waals surface area contributed by atoms with E-state index in [9.17, 15) is 4.79 Å². The summed E-state index contributed by atoms with van der Waals surface area (Å²) >= 11 is 1.59. The molecule has 1 atom stereocenters. The maximum atomic E-state index is 12.0. The summed E-state index contributed by atoms with van der Waals surface area (Å²) < 4.78 is 0. The second kappa shape index (κ2) is 5.75. The van der Waals surface area contributed by atoms with Crippen molar-refractivity contribution in [1.29, 1.82) is 0 Å². The van der Waals surface area contributed by atoms with Gasteiger partial charge in [-0.15, -0.1) is 21.5 Å². The molecule has 7 nitrogen and oxygen atoms in total. The number of anilines is 1. The van der Waals surface area contributed by atoms with Crippen molar-refractivity contribution in [3.05, 3.63) is 16.4 Å². The summed E-state index contributed by atoms with van der Waals surface area (Å²) in [6.07, 6.45) is 3.31. The second-order valence-corrected chi connectivity index (χ2v) is 7.83. The maximum absolute atomic E-state index is 12.0. The van der Waals surface area contributed by atoms with Crippen molar-refractivity contribution >= 4 is 22.4 Å². The zero-order chi connectivity index (χ0) is 15.7. The summed E-state index contributed by atoms with van der Waals surface area (Å²) in [6.45, 7) is 6.87. The van der Waals surface area contributed by atoms with E-state index in [1.807, 2.05) is 0 Å². The van der Waals surface area contributed by atoms with Crippen LogP contribution in [-0.2, 0) is 24.1 Å². The molecule has 2 N–H and O–H groups in total. The van der Waals surface area contributed by atoms with Crippen LogP contribution in [0.2, 0.25) is 0 Å². The molecule has 1 unspecified atom stereocenters. The van der Waals surface area contributed by atoms with Gasteiger partial charge in [-0.25, -0.2) is 4.98 Å². The van der Waals surface area contributed by atoms with E-state index in [4.69, 9.17) is 0 Å². The molecule has 0 saturated carbocycles. The van der Waals surface area contributed by atoms with E-state index in [0.29, 0.717) is 22.3 Å². The Balaban J connectivity index is 1.65. The topological polar surface area (TPSA) is 96.5 Å². The molecule has 1 aliphatic carbocycles. The molecule has 0 aliphatic heterocycles. The van der Waals surface area contributed by atoms with Gasteiger partial charge in [0.15, 0.2) is 11.0 Å². The zero-order valence-electron chi connectivity index (χ0n) is 13.0. The van der Waals surface area contributed by atoms with E-state index in [-0.39, 0.29) is 12.3 Å². The zero-order valence-corrected chi connectivity index (χ0v) is 13.8. The highest BCUT2D eigenvalue weighted by Crippen LogP contribution is 2.40. The molecule has 1 amide bonds. The summed E-state index contributed by atoms with van der Waals surface area (Å²) in [7, 11) is 0. The third-order valence-corrected chi connectivity index (χ3v) is 5.15. The monoisotopic (exact) mass is 320 g/mol. The van der Waals surface area contributed by atoms with Crippen LogP contribution >= 0.6 is 11.3 Å². The largest absolute Gasteiger partial charge is 0.302 e. The first-order chi connectivity index (χ1) is 10.4. The van der Waals surface area contributed by atoms with Crippen LogP contribution < -0.4 is 5.32 Å². The number of aromatic amines is 1. The van der Waals surface area contributed by atoms with Gasteiger partial charge in [0.05, 0.1) is 12.1 Å². The molecule has 0 radical (unpaired) electrons. The van der Waals surface area contributed by atoms with Gasteiger partial charge < -0.3 is 5.32 Å². The lowest BCUT2D eigenvalue weighted by atomic mass is 9.73. The minimum atomic E-state index is -0.167. The van der Waals surface area contributed by atoms with Gasteiger partial charge in [0.1, 0.15) is 0 Å². The standard InChI is InChI=1S/C14H20N6OS/c1-14(2,3)8-4-5-9-10(6-8)22-13(15-9)16-12(21)7-11-17-19-20-18-11/h8H,4-7H2,1-3H3,(H,15,16,21)(H,17,18,19,20). The fourth-order valence-corrected chi connectivity index (χ4v) is 3.84. The van der Waals surface area contributed by atoms with Crippen LogP contribution in [0.15, 0.2) is 0 Å². The quantitative estimate of drug-likeness (QED) is 0.901. The lowest BCUT2D eigenvalue weighted by molar-refractivity contribution is -0.115. The van der Waals surface area contributed by atoms with Gasteiger partial charge in [-0.3, -0.25) is 4.79 Å². The normalized spacial score (nSPS) is 18.0. The fourth-order valence-electron chi connectivity index (χ4n) is 2.73. The Morgan fingerprint density at radius 1 is 1.45 bits per heavy atom. The molecule has 0 bridgehead atoms. The number of hydrogen-bond acceptors (Lipinski definition) is 6. The second-order valence-electron chi connectivity index (χ2n) is 6.75. The third kappa shape index (κ3) is 3.32. The van der Waals surface area contributed by atoms with E-state index in [2.05, 4.69) is 51.7 Å². The molecule has 8 heteroatoms. The van der Waals surface area contributed by atoms with E-state index in [1.165, 1.54) is 4.88 Å². The van der Waals surface area contributed by atoms with Crippen molar-refractivity contribution in [3.63, 3.8) is 0 Å². The number of amides is 1. The molecule has 2 heterocycles. The number of nitrogens with zero attached hydrogens (tertiary/aromatic N) is 4. The molecular formula is C14H20N6OS. The van der Waals surface area contributed by atoms with Crippen molar-refractivity contribution < 1.29 is 4.79 Å². The molecular weight excluding hydrogens is 300 g/mol. The van der Waals surface area contributed by atoms with Gasteiger partial charge in [-0.2, -0.15) is 5.21 Å². The number of tetrazole rings is 1. The molecule has 118 valence electrons. The van der Waals surface area contributed by atoms with Gasteiger partial charge >= 0.3 is 0 Å². The molecule has 0 aromatic carbocycles. The van der Waals surface area contributed by atoms with Gasteiger partial charge in [0, 0.05) is 4.88 Å². The molecule has 2 aromatic rings. The van der Waals surface area contributed by atoms with E-state index < -0.39 is 0 Å². The number of aromatic nitrogens is 5. The van der Waals surface area contributed by atoms with Crippen LogP contribution in [0.25, 0.3) is 0 Å². The summed E-state index contributed by atoms with van der Waals surface area (Å²) in [5.41, 5.74) is 1.45. The van der Waals surface area contributed by atoms with Crippen LogP contribution in [0.4, 0.5) is 5.13 Å². The Morgan fingerprint density at radius 3 is 2.95 bits per heavy atom. The molecule has 22 heavy (non-hydrogen) atoms. The first-order valence-electron chi connectivity index (χ1n) is 7.42.